The van der Waals surface area contributed by atoms with E-state index in [2.05, 4.69) is 0 Å². The predicted octanol–water partition coefficient (Wildman–Crippen LogP) is 1.30. The van der Waals surface area contributed by atoms with Crippen molar-refractivity contribution in [2.45, 2.75) is 37.0 Å². The molecule has 5 atom stereocenters. The van der Waals surface area contributed by atoms with Crippen LogP contribution in [0.25, 0.3) is 0 Å². The van der Waals surface area contributed by atoms with Crippen LogP contribution in [0.15, 0.2) is 18.2 Å². The number of rotatable bonds is 2. The molecule has 3 heterocycles. The molecule has 1 aromatic rings. The van der Waals surface area contributed by atoms with Crippen molar-refractivity contribution in [2.75, 3.05) is 20.0 Å². The van der Waals surface area contributed by atoms with Crippen LogP contribution in [0.1, 0.15) is 23.6 Å². The van der Waals surface area contributed by atoms with Gasteiger partial charge in [0.15, 0.2) is 0 Å². The zero-order valence-corrected chi connectivity index (χ0v) is 14.9. The van der Waals surface area contributed by atoms with E-state index < -0.39 is 0 Å². The molecule has 1 amide bonds. The maximum atomic E-state index is 13.2. The van der Waals surface area contributed by atoms with Crippen molar-refractivity contribution in [2.24, 2.45) is 5.92 Å². The molecule has 2 saturated heterocycles. The van der Waals surface area contributed by atoms with E-state index in [9.17, 15) is 14.7 Å². The summed E-state index contributed by atoms with van der Waals surface area (Å²) in [6.45, 7) is 0. The van der Waals surface area contributed by atoms with Crippen molar-refractivity contribution >= 4 is 23.5 Å². The number of benzene rings is 1. The second-order valence-corrected chi connectivity index (χ2v) is 7.38. The summed E-state index contributed by atoms with van der Waals surface area (Å²) in [5.74, 6) is -0.231. The lowest BCUT2D eigenvalue weighted by atomic mass is 9.82. The van der Waals surface area contributed by atoms with E-state index in [1.807, 2.05) is 22.9 Å². The van der Waals surface area contributed by atoms with Gasteiger partial charge < -0.3 is 14.7 Å². The Morgan fingerprint density at radius 2 is 2.20 bits per heavy atom. The number of amides is 1. The molecule has 0 saturated carbocycles. The molecule has 6 nitrogen and oxygen atoms in total. The second kappa shape index (κ2) is 5.88. The normalized spacial score (nSPS) is 33.8. The summed E-state index contributed by atoms with van der Waals surface area (Å²) in [4.78, 5) is 29.3. The highest BCUT2D eigenvalue weighted by Gasteiger charge is 2.59. The van der Waals surface area contributed by atoms with E-state index in [1.165, 1.54) is 7.11 Å². The molecule has 3 aliphatic rings. The number of nitrogens with zero attached hydrogens (tertiary/aromatic N) is 2. The summed E-state index contributed by atoms with van der Waals surface area (Å²) in [5, 5.41) is 10.3. The van der Waals surface area contributed by atoms with Crippen LogP contribution in [0.3, 0.4) is 0 Å². The fourth-order valence-corrected chi connectivity index (χ4v) is 5.32. The third kappa shape index (κ3) is 2.20. The lowest BCUT2D eigenvalue weighted by molar-refractivity contribution is -0.153. The average molecular weight is 365 g/mol. The standard InChI is InChI=1S/C18H21ClN2O4/c1-20-12-7-10(18(24)25-2)16(20)11-6-9-4-3-5-14(22)15(9)13(8-19)21(11)17(12)23/h3-5,10-13,16,22H,6-8H2,1-2H3/t10-,11+,12+,13+,16-/m1/s1. The Morgan fingerprint density at radius 3 is 2.88 bits per heavy atom. The van der Waals surface area contributed by atoms with Gasteiger partial charge in [0.1, 0.15) is 5.75 Å². The number of phenolic OH excluding ortho intramolecular Hbond substituents is 1. The van der Waals surface area contributed by atoms with Crippen molar-refractivity contribution < 1.29 is 19.4 Å². The Morgan fingerprint density at radius 1 is 1.44 bits per heavy atom. The molecule has 2 bridgehead atoms. The zero-order chi connectivity index (χ0) is 17.9. The van der Waals surface area contributed by atoms with Gasteiger partial charge in [-0.15, -0.1) is 11.6 Å². The molecule has 134 valence electrons. The molecule has 0 unspecified atom stereocenters. The average Bonchev–Trinajstić information content (AvgIpc) is 2.89. The Labute approximate surface area is 151 Å². The molecule has 0 radical (unpaired) electrons. The number of methoxy groups -OCH3 is 1. The first-order valence-electron chi connectivity index (χ1n) is 8.48. The van der Waals surface area contributed by atoms with Crippen molar-refractivity contribution in [1.29, 1.82) is 0 Å². The summed E-state index contributed by atoms with van der Waals surface area (Å²) in [6, 6.07) is 4.42. The monoisotopic (exact) mass is 364 g/mol. The highest BCUT2D eigenvalue weighted by molar-refractivity contribution is 6.18. The highest BCUT2D eigenvalue weighted by atomic mass is 35.5. The van der Waals surface area contributed by atoms with Gasteiger partial charge >= 0.3 is 5.97 Å². The quantitative estimate of drug-likeness (QED) is 0.632. The third-order valence-electron chi connectivity index (χ3n) is 6.06. The lowest BCUT2D eigenvalue weighted by Crippen LogP contribution is -2.65. The molecule has 7 heteroatoms. The largest absolute Gasteiger partial charge is 0.508 e. The molecule has 25 heavy (non-hydrogen) atoms. The fourth-order valence-electron chi connectivity index (χ4n) is 5.02. The number of carbonyl (C=O) groups is 2. The van der Waals surface area contributed by atoms with E-state index in [-0.39, 0.29) is 53.6 Å². The number of phenols is 1. The van der Waals surface area contributed by atoms with Crippen LogP contribution >= 0.6 is 11.6 Å². The van der Waals surface area contributed by atoms with Crippen molar-refractivity contribution in [3.8, 4) is 5.75 Å². The van der Waals surface area contributed by atoms with Crippen LogP contribution in [0.2, 0.25) is 0 Å². The SMILES string of the molecule is COC(=O)[C@@H]1C[C@H]2C(=O)N3[C@@H](CCl)c4c(O)cccc4C[C@H]3[C@@H]1N2C. The molecule has 2 fully saturated rings. The van der Waals surface area contributed by atoms with Gasteiger partial charge in [0.2, 0.25) is 5.91 Å². The summed E-state index contributed by atoms with van der Waals surface area (Å²) < 4.78 is 4.99. The van der Waals surface area contributed by atoms with Crippen molar-refractivity contribution in [3.05, 3.63) is 29.3 Å². The Balaban J connectivity index is 1.83. The van der Waals surface area contributed by atoms with E-state index in [4.69, 9.17) is 16.3 Å². The first-order chi connectivity index (χ1) is 12.0. The van der Waals surface area contributed by atoms with Gasteiger partial charge in [0, 0.05) is 17.5 Å². The van der Waals surface area contributed by atoms with E-state index in [0.29, 0.717) is 12.8 Å². The first kappa shape index (κ1) is 16.7. The van der Waals surface area contributed by atoms with Crippen LogP contribution in [0.4, 0.5) is 0 Å². The number of hydrogen-bond donors (Lipinski definition) is 1. The Bertz CT molecular complexity index is 740. The van der Waals surface area contributed by atoms with E-state index >= 15 is 0 Å². The van der Waals surface area contributed by atoms with E-state index in [1.54, 1.807) is 12.1 Å². The van der Waals surface area contributed by atoms with Gasteiger partial charge in [0.05, 0.1) is 31.2 Å². The van der Waals surface area contributed by atoms with Gasteiger partial charge in [-0.05, 0) is 31.5 Å². The highest BCUT2D eigenvalue weighted by Crippen LogP contribution is 2.48. The summed E-state index contributed by atoms with van der Waals surface area (Å²) in [5.41, 5.74) is 1.72. The molecule has 0 spiro atoms. The zero-order valence-electron chi connectivity index (χ0n) is 14.2. The molecule has 3 aliphatic heterocycles. The number of aromatic hydroxyl groups is 1. The van der Waals surface area contributed by atoms with Gasteiger partial charge in [0.25, 0.3) is 0 Å². The smallest absolute Gasteiger partial charge is 0.310 e. The number of likely N-dealkylation sites (N-methyl/N-ethyl adjacent to an activating group) is 1. The lowest BCUT2D eigenvalue weighted by Gasteiger charge is -2.51. The number of carbonyl (C=O) groups excluding carboxylic acids is 2. The van der Waals surface area contributed by atoms with Crippen LogP contribution < -0.4 is 0 Å². The van der Waals surface area contributed by atoms with Crippen molar-refractivity contribution in [1.82, 2.24) is 9.80 Å². The third-order valence-corrected chi connectivity index (χ3v) is 6.36. The number of hydrogen-bond acceptors (Lipinski definition) is 5. The second-order valence-electron chi connectivity index (χ2n) is 7.07. The van der Waals surface area contributed by atoms with Crippen LogP contribution in [-0.2, 0) is 20.7 Å². The fraction of sp³-hybridized carbons (Fsp3) is 0.556. The molecule has 1 N–H and O–H groups in total. The van der Waals surface area contributed by atoms with Gasteiger partial charge in [-0.2, -0.15) is 0 Å². The Hall–Kier alpha value is -1.79. The predicted molar refractivity (Wildman–Crippen MR) is 91.4 cm³/mol. The molecular weight excluding hydrogens is 344 g/mol. The summed E-state index contributed by atoms with van der Waals surface area (Å²) in [6.07, 6.45) is 1.06. The van der Waals surface area contributed by atoms with Crippen molar-refractivity contribution in [3.63, 3.8) is 0 Å². The topological polar surface area (TPSA) is 70.1 Å². The molecule has 0 aromatic heterocycles. The number of fused-ring (bicyclic) bond motifs is 5. The number of piperazine rings is 1. The van der Waals surface area contributed by atoms with Crippen LogP contribution in [0.5, 0.6) is 5.75 Å². The molecule has 4 rings (SSSR count). The summed E-state index contributed by atoms with van der Waals surface area (Å²) >= 11 is 6.23. The first-order valence-corrected chi connectivity index (χ1v) is 9.01. The summed E-state index contributed by atoms with van der Waals surface area (Å²) in [7, 11) is 3.29. The number of alkyl halides is 1. The molecular formula is C18H21ClN2O4. The molecule has 1 aromatic carbocycles. The van der Waals surface area contributed by atoms with Crippen LogP contribution in [-0.4, -0.2) is 64.9 Å². The Kier molecular flexibility index (Phi) is 3.92. The van der Waals surface area contributed by atoms with Crippen LogP contribution in [0, 0.1) is 5.92 Å². The maximum absolute atomic E-state index is 13.2. The minimum absolute atomic E-state index is 0.0188. The van der Waals surface area contributed by atoms with Gasteiger partial charge in [-0.3, -0.25) is 14.5 Å². The minimum Gasteiger partial charge on any atom is -0.508 e. The maximum Gasteiger partial charge on any atom is 0.310 e. The van der Waals surface area contributed by atoms with Gasteiger partial charge in [-0.1, -0.05) is 12.1 Å². The minimum atomic E-state index is -0.376. The van der Waals surface area contributed by atoms with E-state index in [0.717, 1.165) is 11.1 Å². The number of halogens is 1. The number of esters is 1. The molecule has 0 aliphatic carbocycles. The van der Waals surface area contributed by atoms with Gasteiger partial charge in [-0.25, -0.2) is 0 Å². The number of ether oxygens (including phenoxy) is 1.